The summed E-state index contributed by atoms with van der Waals surface area (Å²) in [6.07, 6.45) is 36.2. The van der Waals surface area contributed by atoms with Crippen molar-refractivity contribution in [1.29, 1.82) is 0 Å². The van der Waals surface area contributed by atoms with Crippen LogP contribution in [0.25, 0.3) is 0 Å². The Morgan fingerprint density at radius 1 is 0.529 bits per heavy atom. The monoisotopic (exact) mass is 751 g/mol. The molecular weight excluding hydrogens is 667 g/mol. The summed E-state index contributed by atoms with van der Waals surface area (Å²) in [5, 5.41) is 18.3. The van der Waals surface area contributed by atoms with Crippen LogP contribution in [0, 0.1) is 0 Å². The second-order valence-corrected chi connectivity index (χ2v) is 16.2. The first-order chi connectivity index (χ1) is 24.8. The molecular formula is C41H83O9P. The van der Waals surface area contributed by atoms with Gasteiger partial charge in [-0.2, -0.15) is 0 Å². The van der Waals surface area contributed by atoms with Crippen LogP contribution in [-0.4, -0.2) is 66.3 Å². The average molecular weight is 751 g/mol. The van der Waals surface area contributed by atoms with Gasteiger partial charge in [-0.3, -0.25) is 13.8 Å². The zero-order chi connectivity index (χ0) is 37.5. The van der Waals surface area contributed by atoms with E-state index in [1.807, 2.05) is 0 Å². The van der Waals surface area contributed by atoms with E-state index >= 15 is 0 Å². The molecule has 0 saturated heterocycles. The van der Waals surface area contributed by atoms with Crippen molar-refractivity contribution in [2.24, 2.45) is 0 Å². The van der Waals surface area contributed by atoms with Gasteiger partial charge in [-0.1, -0.05) is 194 Å². The van der Waals surface area contributed by atoms with Crippen molar-refractivity contribution in [2.75, 3.05) is 33.0 Å². The predicted octanol–water partition coefficient (Wildman–Crippen LogP) is 11.5. The van der Waals surface area contributed by atoms with Crippen molar-refractivity contribution in [2.45, 2.75) is 225 Å². The zero-order valence-electron chi connectivity index (χ0n) is 33.3. The minimum Gasteiger partial charge on any atom is -0.457 e. The summed E-state index contributed by atoms with van der Waals surface area (Å²) in [5.74, 6) is -0.377. The van der Waals surface area contributed by atoms with Gasteiger partial charge in [0.1, 0.15) is 12.2 Å². The molecule has 0 aromatic carbocycles. The number of aliphatic hydroxyl groups is 2. The normalized spacial score (nSPS) is 14.1. The number of carbonyl (C=O) groups excluding carboxylic acids is 1. The van der Waals surface area contributed by atoms with Gasteiger partial charge in [0.2, 0.25) is 0 Å². The standard InChI is InChI=1S/C41H83O9P/c1-3-5-7-9-11-13-15-17-19-21-23-25-27-29-31-33-41(44)50-40(38-49-51(45,46)48-36-39(43)35-42)37-47-34-32-30-28-26-24-22-20-18-16-14-12-10-8-6-4-2/h39-40,42-43H,3-38H2,1-2H3,(H,45,46). The third-order valence-electron chi connectivity index (χ3n) is 9.54. The van der Waals surface area contributed by atoms with Gasteiger partial charge in [-0.05, 0) is 12.8 Å². The number of rotatable bonds is 42. The number of phosphoric ester groups is 1. The minimum atomic E-state index is -4.51. The second kappa shape index (κ2) is 39.2. The summed E-state index contributed by atoms with van der Waals surface area (Å²) >= 11 is 0. The largest absolute Gasteiger partial charge is 0.472 e. The smallest absolute Gasteiger partial charge is 0.457 e. The number of ether oxygens (including phenoxy) is 2. The highest BCUT2D eigenvalue weighted by Crippen LogP contribution is 2.43. The van der Waals surface area contributed by atoms with Crippen LogP contribution in [0.4, 0.5) is 0 Å². The molecule has 0 aliphatic rings. The van der Waals surface area contributed by atoms with Crippen LogP contribution in [0.2, 0.25) is 0 Å². The highest BCUT2D eigenvalue weighted by Gasteiger charge is 2.26. The van der Waals surface area contributed by atoms with Crippen LogP contribution in [0.3, 0.4) is 0 Å². The Bertz CT molecular complexity index is 769. The van der Waals surface area contributed by atoms with Crippen LogP contribution >= 0.6 is 7.82 Å². The maximum absolute atomic E-state index is 12.6. The Balaban J connectivity index is 4.13. The summed E-state index contributed by atoms with van der Waals surface area (Å²) in [6, 6.07) is 0. The summed E-state index contributed by atoms with van der Waals surface area (Å²) in [6.45, 7) is 3.57. The molecule has 3 N–H and O–H groups in total. The molecule has 51 heavy (non-hydrogen) atoms. The third-order valence-corrected chi connectivity index (χ3v) is 10.5. The lowest BCUT2D eigenvalue weighted by Gasteiger charge is -2.20. The molecule has 0 radical (unpaired) electrons. The van der Waals surface area contributed by atoms with E-state index in [0.717, 1.165) is 32.1 Å². The van der Waals surface area contributed by atoms with Gasteiger partial charge in [0, 0.05) is 13.0 Å². The Hall–Kier alpha value is -0.540. The SMILES string of the molecule is CCCCCCCCCCCCCCCCCOCC(COP(=O)(O)OCC(O)CO)OC(=O)CCCCCCCCCCCCCCCCC. The lowest BCUT2D eigenvalue weighted by molar-refractivity contribution is -0.154. The first kappa shape index (κ1) is 50.5. The maximum Gasteiger partial charge on any atom is 0.472 e. The predicted molar refractivity (Wildman–Crippen MR) is 210 cm³/mol. The molecule has 0 aliphatic heterocycles. The van der Waals surface area contributed by atoms with Crippen LogP contribution in [-0.2, 0) is 27.9 Å². The molecule has 0 bridgehead atoms. The van der Waals surface area contributed by atoms with Crippen molar-refractivity contribution >= 4 is 13.8 Å². The molecule has 306 valence electrons. The van der Waals surface area contributed by atoms with Gasteiger partial charge < -0.3 is 24.6 Å². The molecule has 0 aromatic heterocycles. The Morgan fingerprint density at radius 2 is 0.882 bits per heavy atom. The Morgan fingerprint density at radius 3 is 1.27 bits per heavy atom. The van der Waals surface area contributed by atoms with Crippen molar-refractivity contribution in [3.05, 3.63) is 0 Å². The highest BCUT2D eigenvalue weighted by atomic mass is 31.2. The fourth-order valence-corrected chi connectivity index (χ4v) is 7.03. The number of aliphatic hydroxyl groups excluding tert-OH is 2. The van der Waals surface area contributed by atoms with E-state index in [4.69, 9.17) is 23.6 Å². The number of esters is 1. The van der Waals surface area contributed by atoms with Crippen molar-refractivity contribution in [3.8, 4) is 0 Å². The van der Waals surface area contributed by atoms with E-state index in [9.17, 15) is 19.4 Å². The van der Waals surface area contributed by atoms with Gasteiger partial charge in [-0.15, -0.1) is 0 Å². The van der Waals surface area contributed by atoms with Gasteiger partial charge in [0.15, 0.2) is 0 Å². The van der Waals surface area contributed by atoms with Crippen molar-refractivity contribution in [1.82, 2.24) is 0 Å². The molecule has 0 saturated carbocycles. The first-order valence-corrected chi connectivity index (χ1v) is 23.0. The summed E-state index contributed by atoms with van der Waals surface area (Å²) in [5.41, 5.74) is 0. The molecule has 0 amide bonds. The molecule has 0 aromatic rings. The molecule has 0 heterocycles. The Labute approximate surface area is 314 Å². The van der Waals surface area contributed by atoms with Gasteiger partial charge >= 0.3 is 13.8 Å². The number of phosphoric acid groups is 1. The van der Waals surface area contributed by atoms with Gasteiger partial charge in [0.05, 0.1) is 26.4 Å². The lowest BCUT2D eigenvalue weighted by atomic mass is 10.0. The van der Waals surface area contributed by atoms with Gasteiger partial charge in [0.25, 0.3) is 0 Å². The van der Waals surface area contributed by atoms with Crippen LogP contribution in [0.1, 0.15) is 213 Å². The zero-order valence-corrected chi connectivity index (χ0v) is 34.2. The van der Waals surface area contributed by atoms with Crippen LogP contribution in [0.5, 0.6) is 0 Å². The molecule has 3 unspecified atom stereocenters. The fraction of sp³-hybridized carbons (Fsp3) is 0.976. The number of unbranched alkanes of at least 4 members (excludes halogenated alkanes) is 28. The third kappa shape index (κ3) is 39.0. The van der Waals surface area contributed by atoms with E-state index < -0.39 is 33.2 Å². The second-order valence-electron chi connectivity index (χ2n) is 14.7. The molecule has 0 spiro atoms. The number of hydrogen-bond acceptors (Lipinski definition) is 8. The van der Waals surface area contributed by atoms with Crippen molar-refractivity contribution < 1.29 is 43.0 Å². The van der Waals surface area contributed by atoms with E-state index in [1.165, 1.54) is 161 Å². The fourth-order valence-electron chi connectivity index (χ4n) is 6.24. The maximum atomic E-state index is 12.6. The summed E-state index contributed by atoms with van der Waals surface area (Å²) in [7, 11) is -4.51. The topological polar surface area (TPSA) is 132 Å². The summed E-state index contributed by atoms with van der Waals surface area (Å²) < 4.78 is 33.4. The number of hydrogen-bond donors (Lipinski definition) is 3. The molecule has 0 aliphatic carbocycles. The molecule has 3 atom stereocenters. The van der Waals surface area contributed by atoms with Crippen LogP contribution < -0.4 is 0 Å². The highest BCUT2D eigenvalue weighted by molar-refractivity contribution is 7.47. The number of carbonyl (C=O) groups is 1. The van der Waals surface area contributed by atoms with E-state index in [2.05, 4.69) is 13.8 Å². The van der Waals surface area contributed by atoms with Crippen LogP contribution in [0.15, 0.2) is 0 Å². The quantitative estimate of drug-likeness (QED) is 0.0317. The minimum absolute atomic E-state index is 0.0580. The Kier molecular flexibility index (Phi) is 38.7. The van der Waals surface area contributed by atoms with Gasteiger partial charge in [-0.25, -0.2) is 4.57 Å². The molecule has 0 rings (SSSR count). The molecule has 10 heteroatoms. The summed E-state index contributed by atoms with van der Waals surface area (Å²) in [4.78, 5) is 22.5. The van der Waals surface area contributed by atoms with E-state index in [-0.39, 0.29) is 25.6 Å². The van der Waals surface area contributed by atoms with E-state index in [0.29, 0.717) is 6.61 Å². The average Bonchev–Trinajstić information content (AvgIpc) is 3.12. The molecule has 0 fully saturated rings. The first-order valence-electron chi connectivity index (χ1n) is 21.5. The lowest BCUT2D eigenvalue weighted by Crippen LogP contribution is -2.29. The van der Waals surface area contributed by atoms with Crippen molar-refractivity contribution in [3.63, 3.8) is 0 Å². The molecule has 9 nitrogen and oxygen atoms in total. The van der Waals surface area contributed by atoms with E-state index in [1.54, 1.807) is 0 Å².